The van der Waals surface area contributed by atoms with Crippen LogP contribution in [0.4, 0.5) is 0 Å². The molecule has 1 nitrogen and oxygen atoms in total. The molecule has 0 rings (SSSR count). The van der Waals surface area contributed by atoms with E-state index in [0.29, 0.717) is 0 Å². The average molecular weight is 150 g/mol. The number of hydrogen-bond acceptors (Lipinski definition) is 3. The van der Waals surface area contributed by atoms with Crippen molar-refractivity contribution in [1.82, 2.24) is 0 Å². The highest BCUT2D eigenvalue weighted by Crippen LogP contribution is 2.03. The van der Waals surface area contributed by atoms with E-state index in [1.165, 1.54) is 0 Å². The van der Waals surface area contributed by atoms with Gasteiger partial charge in [0.05, 0.1) is 10.5 Å². The van der Waals surface area contributed by atoms with Crippen LogP contribution in [0.5, 0.6) is 0 Å². The molecule has 0 aliphatic rings. The first-order chi connectivity index (χ1) is 3.55. The summed E-state index contributed by atoms with van der Waals surface area (Å²) in [5.74, 6) is 0.0802. The predicted molar refractivity (Wildman–Crippen MR) is 41.9 cm³/mol. The Labute approximate surface area is 60.7 Å². The van der Waals surface area contributed by atoms with E-state index in [2.05, 4.69) is 25.3 Å². The number of hydrogen-bond donors (Lipinski definition) is 2. The molecule has 2 atom stereocenters. The Kier molecular flexibility index (Phi) is 3.56. The van der Waals surface area contributed by atoms with Gasteiger partial charge in [-0.15, -0.1) is 0 Å². The SMILES string of the molecule is CC(S)C(=O)C(C)S. The molecule has 0 bridgehead atoms. The zero-order valence-corrected chi connectivity index (χ0v) is 6.75. The van der Waals surface area contributed by atoms with Crippen LogP contribution >= 0.6 is 25.3 Å². The minimum Gasteiger partial charge on any atom is -0.297 e. The van der Waals surface area contributed by atoms with E-state index < -0.39 is 0 Å². The van der Waals surface area contributed by atoms with Gasteiger partial charge in [-0.3, -0.25) is 4.79 Å². The molecule has 0 fully saturated rings. The van der Waals surface area contributed by atoms with E-state index in [1.807, 2.05) is 0 Å². The van der Waals surface area contributed by atoms with Crippen molar-refractivity contribution in [2.75, 3.05) is 0 Å². The molecule has 0 radical (unpaired) electrons. The normalized spacial score (nSPS) is 17.5. The van der Waals surface area contributed by atoms with Crippen molar-refractivity contribution in [1.29, 1.82) is 0 Å². The Bertz CT molecular complexity index is 78.4. The van der Waals surface area contributed by atoms with Crippen LogP contribution in [-0.4, -0.2) is 16.3 Å². The quantitative estimate of drug-likeness (QED) is 0.566. The predicted octanol–water partition coefficient (Wildman–Crippen LogP) is 1.19. The first kappa shape index (κ1) is 8.37. The van der Waals surface area contributed by atoms with E-state index in [9.17, 15) is 4.79 Å². The Hall–Kier alpha value is 0.370. The van der Waals surface area contributed by atoms with Crippen molar-refractivity contribution in [3.8, 4) is 0 Å². The summed E-state index contributed by atoms with van der Waals surface area (Å²) in [5, 5.41) is -0.356. The summed E-state index contributed by atoms with van der Waals surface area (Å²) in [5.41, 5.74) is 0. The van der Waals surface area contributed by atoms with Crippen molar-refractivity contribution in [3.63, 3.8) is 0 Å². The van der Waals surface area contributed by atoms with Gasteiger partial charge in [-0.05, 0) is 13.8 Å². The molecule has 0 amide bonds. The summed E-state index contributed by atoms with van der Waals surface area (Å²) >= 11 is 7.87. The molecule has 48 valence electrons. The monoisotopic (exact) mass is 150 g/mol. The fourth-order valence-electron chi connectivity index (χ4n) is 0.349. The van der Waals surface area contributed by atoms with Gasteiger partial charge >= 0.3 is 0 Å². The van der Waals surface area contributed by atoms with Gasteiger partial charge in [0.1, 0.15) is 0 Å². The topological polar surface area (TPSA) is 17.1 Å². The lowest BCUT2D eigenvalue weighted by atomic mass is 10.2. The third kappa shape index (κ3) is 2.62. The Morgan fingerprint density at radius 2 is 1.50 bits per heavy atom. The van der Waals surface area contributed by atoms with Crippen molar-refractivity contribution >= 4 is 31.0 Å². The molecular weight excluding hydrogens is 140 g/mol. The van der Waals surface area contributed by atoms with Crippen molar-refractivity contribution < 1.29 is 4.79 Å². The van der Waals surface area contributed by atoms with Gasteiger partial charge in [0.2, 0.25) is 0 Å². The van der Waals surface area contributed by atoms with Crippen LogP contribution in [0.1, 0.15) is 13.8 Å². The number of thiol groups is 2. The minimum absolute atomic E-state index is 0.0802. The smallest absolute Gasteiger partial charge is 0.157 e. The number of ketones is 1. The highest BCUT2D eigenvalue weighted by Gasteiger charge is 2.11. The highest BCUT2D eigenvalue weighted by atomic mass is 32.1. The molecule has 0 aliphatic heterocycles. The minimum atomic E-state index is -0.178. The van der Waals surface area contributed by atoms with Crippen molar-refractivity contribution in [3.05, 3.63) is 0 Å². The molecule has 0 heterocycles. The number of carbonyl (C=O) groups is 1. The number of rotatable bonds is 2. The van der Waals surface area contributed by atoms with Gasteiger partial charge in [0, 0.05) is 0 Å². The molecule has 0 aromatic rings. The Morgan fingerprint density at radius 3 is 1.50 bits per heavy atom. The Morgan fingerprint density at radius 1 is 1.25 bits per heavy atom. The molecule has 0 spiro atoms. The Balaban J connectivity index is 3.65. The van der Waals surface area contributed by atoms with Gasteiger partial charge in [-0.25, -0.2) is 0 Å². The van der Waals surface area contributed by atoms with Crippen molar-refractivity contribution in [2.24, 2.45) is 0 Å². The summed E-state index contributed by atoms with van der Waals surface area (Å²) in [7, 11) is 0. The van der Waals surface area contributed by atoms with Gasteiger partial charge in [-0.1, -0.05) is 0 Å². The van der Waals surface area contributed by atoms with Gasteiger partial charge < -0.3 is 0 Å². The number of carbonyl (C=O) groups excluding carboxylic acids is 1. The molecule has 0 aromatic heterocycles. The lowest BCUT2D eigenvalue weighted by molar-refractivity contribution is -0.117. The highest BCUT2D eigenvalue weighted by molar-refractivity contribution is 7.83. The van der Waals surface area contributed by atoms with E-state index >= 15 is 0 Å². The summed E-state index contributed by atoms with van der Waals surface area (Å²) in [6.45, 7) is 3.50. The third-order valence-electron chi connectivity index (χ3n) is 0.824. The molecule has 0 saturated carbocycles. The maximum Gasteiger partial charge on any atom is 0.157 e. The van der Waals surface area contributed by atoms with E-state index in [1.54, 1.807) is 13.8 Å². The van der Waals surface area contributed by atoms with E-state index in [4.69, 9.17) is 0 Å². The molecule has 3 heteroatoms. The van der Waals surface area contributed by atoms with E-state index in [-0.39, 0.29) is 16.3 Å². The van der Waals surface area contributed by atoms with E-state index in [0.717, 1.165) is 0 Å². The first-order valence-electron chi connectivity index (χ1n) is 2.45. The van der Waals surface area contributed by atoms with Gasteiger partial charge in [0.15, 0.2) is 5.78 Å². The van der Waals surface area contributed by atoms with Crippen LogP contribution < -0.4 is 0 Å². The number of Topliss-reactive ketones (excluding diaryl/α,β-unsaturated/α-hetero) is 1. The fourth-order valence-corrected chi connectivity index (χ4v) is 0.914. The average Bonchev–Trinajstić information content (AvgIpc) is 1.64. The molecule has 0 N–H and O–H groups in total. The van der Waals surface area contributed by atoms with Crippen LogP contribution in [-0.2, 0) is 4.79 Å². The molecular formula is C5H10OS2. The van der Waals surface area contributed by atoms with Crippen molar-refractivity contribution in [2.45, 2.75) is 24.3 Å². The molecule has 0 aromatic carbocycles. The van der Waals surface area contributed by atoms with Crippen LogP contribution in [0.3, 0.4) is 0 Å². The zero-order valence-electron chi connectivity index (χ0n) is 4.96. The summed E-state index contributed by atoms with van der Waals surface area (Å²) in [6, 6.07) is 0. The molecule has 8 heavy (non-hydrogen) atoms. The summed E-state index contributed by atoms with van der Waals surface area (Å²) in [4.78, 5) is 10.7. The second kappa shape index (κ2) is 3.41. The molecule has 2 unspecified atom stereocenters. The maximum absolute atomic E-state index is 10.7. The maximum atomic E-state index is 10.7. The van der Waals surface area contributed by atoms with Gasteiger partial charge in [0.25, 0.3) is 0 Å². The fraction of sp³-hybridized carbons (Fsp3) is 0.800. The summed E-state index contributed by atoms with van der Waals surface area (Å²) < 4.78 is 0. The lowest BCUT2D eigenvalue weighted by Crippen LogP contribution is -2.19. The van der Waals surface area contributed by atoms with Crippen LogP contribution in [0.25, 0.3) is 0 Å². The lowest BCUT2D eigenvalue weighted by Gasteiger charge is -2.03. The largest absolute Gasteiger partial charge is 0.297 e. The molecule has 0 aliphatic carbocycles. The van der Waals surface area contributed by atoms with Crippen LogP contribution in [0, 0.1) is 0 Å². The zero-order chi connectivity index (χ0) is 6.73. The molecule has 0 saturated heterocycles. The van der Waals surface area contributed by atoms with Gasteiger partial charge in [-0.2, -0.15) is 25.3 Å². The second-order valence-electron chi connectivity index (χ2n) is 1.75. The van der Waals surface area contributed by atoms with Crippen LogP contribution in [0.15, 0.2) is 0 Å². The van der Waals surface area contributed by atoms with Crippen LogP contribution in [0.2, 0.25) is 0 Å². The second-order valence-corrected chi connectivity index (χ2v) is 3.30. The standard InChI is InChI=1S/C5H10OS2/c1-3(7)5(6)4(2)8/h3-4,7-8H,1-2H3. The summed E-state index contributed by atoms with van der Waals surface area (Å²) in [6.07, 6.45) is 0. The third-order valence-corrected chi connectivity index (χ3v) is 1.33. The first-order valence-corrected chi connectivity index (χ1v) is 3.49.